The number of quaternary nitrogens is 1. The molecule has 10 atom stereocenters. The highest BCUT2D eigenvalue weighted by molar-refractivity contribution is 5.76. The summed E-state index contributed by atoms with van der Waals surface area (Å²) in [5.41, 5.74) is 2.79. The van der Waals surface area contributed by atoms with E-state index in [1.165, 1.54) is 49.8 Å². The number of benzene rings is 1. The zero-order valence-corrected chi connectivity index (χ0v) is 31.0. The zero-order valence-electron chi connectivity index (χ0n) is 31.0. The van der Waals surface area contributed by atoms with Crippen LogP contribution in [-0.4, -0.2) is 47.4 Å². The third-order valence-corrected chi connectivity index (χ3v) is 15.8. The highest BCUT2D eigenvalue weighted by Crippen LogP contribution is 2.77. The fourth-order valence-electron chi connectivity index (χ4n) is 13.3. The Bertz CT molecular complexity index is 1270. The van der Waals surface area contributed by atoms with Gasteiger partial charge >= 0.3 is 5.97 Å². The molecule has 0 amide bonds. The number of carboxylic acid groups (broad SMARTS) is 1. The number of hydrogen-bond donors (Lipinski definition) is 2. The van der Waals surface area contributed by atoms with Gasteiger partial charge in [-0.25, -0.2) is 0 Å². The molecule has 5 fully saturated rings. The molecule has 5 aliphatic carbocycles. The Morgan fingerprint density at radius 1 is 0.870 bits per heavy atom. The van der Waals surface area contributed by atoms with E-state index in [0.29, 0.717) is 23.7 Å². The first kappa shape index (κ1) is 35.7. The number of nitrogens with zero attached hydrogens (tertiary/aromatic N) is 1. The maximum atomic E-state index is 12.8. The first-order valence-electron chi connectivity index (χ1n) is 18.8. The predicted octanol–water partition coefficient (Wildman–Crippen LogP) is 9.76. The third-order valence-electron chi connectivity index (χ3n) is 15.8. The van der Waals surface area contributed by atoms with Crippen molar-refractivity contribution in [3.63, 3.8) is 0 Å². The van der Waals surface area contributed by atoms with E-state index < -0.39 is 11.4 Å². The molecule has 46 heavy (non-hydrogen) atoms. The van der Waals surface area contributed by atoms with Crippen LogP contribution in [0.3, 0.4) is 0 Å². The molecule has 0 saturated heterocycles. The molecule has 0 spiro atoms. The second kappa shape index (κ2) is 12.3. The van der Waals surface area contributed by atoms with Crippen LogP contribution in [-0.2, 0) is 11.3 Å². The monoisotopic (exact) mass is 635 g/mol. The van der Waals surface area contributed by atoms with Gasteiger partial charge in [0.15, 0.2) is 0 Å². The second-order valence-corrected chi connectivity index (χ2v) is 18.8. The van der Waals surface area contributed by atoms with Crippen molar-refractivity contribution in [3.05, 3.63) is 48.0 Å². The topological polar surface area (TPSA) is 57.5 Å². The first-order chi connectivity index (χ1) is 21.4. The van der Waals surface area contributed by atoms with Crippen LogP contribution in [0.1, 0.15) is 125 Å². The molecular weight excluding hydrogens is 566 g/mol. The number of rotatable bonds is 6. The fourth-order valence-corrected chi connectivity index (χ4v) is 13.3. The van der Waals surface area contributed by atoms with E-state index in [4.69, 9.17) is 0 Å². The molecule has 5 saturated carbocycles. The van der Waals surface area contributed by atoms with Crippen LogP contribution in [0.2, 0.25) is 0 Å². The van der Waals surface area contributed by atoms with Crippen LogP contribution in [0.4, 0.5) is 0 Å². The van der Waals surface area contributed by atoms with Crippen molar-refractivity contribution in [2.45, 2.75) is 132 Å². The summed E-state index contributed by atoms with van der Waals surface area (Å²) in [6.07, 6.45) is 11.7. The fraction of sp³-hybridized carbons (Fsp3) is 0.786. The van der Waals surface area contributed by atoms with Gasteiger partial charge in [-0.05, 0) is 129 Å². The molecule has 4 heteroatoms. The van der Waals surface area contributed by atoms with Crippen molar-refractivity contribution in [2.24, 2.45) is 56.7 Å². The van der Waals surface area contributed by atoms with Crippen LogP contribution in [0, 0.1) is 56.7 Å². The Hall–Kier alpha value is -1.65. The Balaban J connectivity index is 0.000000270. The van der Waals surface area contributed by atoms with Gasteiger partial charge in [-0.1, -0.05) is 84.0 Å². The van der Waals surface area contributed by atoms with Crippen LogP contribution < -0.4 is 0 Å². The van der Waals surface area contributed by atoms with E-state index in [9.17, 15) is 15.0 Å². The summed E-state index contributed by atoms with van der Waals surface area (Å²) in [6.45, 7) is 23.5. The molecule has 0 aliphatic heterocycles. The number of carbonyl (C=O) groups is 1. The normalized spacial score (nSPS) is 42.7. The molecular formula is C42H68NO3+. The summed E-state index contributed by atoms with van der Waals surface area (Å²) < 4.78 is 1.08. The molecule has 2 N–H and O–H groups in total. The van der Waals surface area contributed by atoms with E-state index in [-0.39, 0.29) is 33.7 Å². The molecule has 0 unspecified atom stereocenters. The lowest BCUT2D eigenvalue weighted by Gasteiger charge is -2.72. The van der Waals surface area contributed by atoms with E-state index >= 15 is 0 Å². The minimum atomic E-state index is -0.538. The Morgan fingerprint density at radius 2 is 1.54 bits per heavy atom. The van der Waals surface area contributed by atoms with Crippen molar-refractivity contribution in [1.29, 1.82) is 0 Å². The van der Waals surface area contributed by atoms with Gasteiger partial charge in [-0.15, -0.1) is 0 Å². The molecule has 0 heterocycles. The van der Waals surface area contributed by atoms with Crippen molar-refractivity contribution in [2.75, 3.05) is 20.6 Å². The average molecular weight is 635 g/mol. The number of fused-ring (bicyclic) bond motifs is 7. The van der Waals surface area contributed by atoms with Crippen molar-refractivity contribution in [1.82, 2.24) is 0 Å². The lowest BCUT2D eigenvalue weighted by atomic mass is 9.32. The molecule has 5 aliphatic rings. The summed E-state index contributed by atoms with van der Waals surface area (Å²) in [7, 11) is 4.58. The Kier molecular flexibility index (Phi) is 9.57. The molecule has 6 rings (SSSR count). The minimum absolute atomic E-state index is 0.0202. The third kappa shape index (κ3) is 5.54. The molecule has 0 radical (unpaired) electrons. The molecule has 1 aromatic rings. The SMILES string of the molecule is C=C(C)[C@@H]1CC[C@]2(C(=O)O)CC[C@]3(C)[C@H](CC[C@@H]4[C@@]5(C)CC[C@H](O)C(C)(C)[C@@H]5CC[C@]43C)[C@@H]12.CCC[N+](C)(C)Cc1ccccc1. The van der Waals surface area contributed by atoms with E-state index in [1.54, 1.807) is 0 Å². The van der Waals surface area contributed by atoms with E-state index in [2.05, 4.69) is 99.5 Å². The van der Waals surface area contributed by atoms with Crippen LogP contribution in [0.25, 0.3) is 0 Å². The van der Waals surface area contributed by atoms with Gasteiger partial charge in [0.1, 0.15) is 6.54 Å². The molecule has 258 valence electrons. The standard InChI is InChI=1S/C30H48O3.C12H20N/c1-18(2)19-10-15-30(25(32)33)17-16-28(6)20(24(19)30)8-9-22-27(5)13-12-23(31)26(3,4)21(27)11-14-29(22,28)7;1-4-10-13(2,3)11-12-8-6-5-7-9-12/h19-24,31H,1,8-17H2,2-7H3,(H,32,33);5-9H,4,10-11H2,1-3H3/q;+1/t19-,20+,21-,22+,23-,24+,27-,28+,29+,30-;/m0./s1. The van der Waals surface area contributed by atoms with E-state index in [0.717, 1.165) is 49.6 Å². The number of carboxylic acids is 1. The quantitative estimate of drug-likeness (QED) is 0.242. The number of hydrogen-bond acceptors (Lipinski definition) is 2. The highest BCUT2D eigenvalue weighted by Gasteiger charge is 2.72. The van der Waals surface area contributed by atoms with Gasteiger partial charge < -0.3 is 14.7 Å². The summed E-state index contributed by atoms with van der Waals surface area (Å²) in [4.78, 5) is 12.8. The van der Waals surface area contributed by atoms with Crippen molar-refractivity contribution in [3.8, 4) is 0 Å². The lowest BCUT2D eigenvalue weighted by molar-refractivity contribution is -0.903. The number of aliphatic hydroxyl groups excluding tert-OH is 1. The molecule has 4 nitrogen and oxygen atoms in total. The van der Waals surface area contributed by atoms with Gasteiger partial charge in [0.25, 0.3) is 0 Å². The lowest BCUT2D eigenvalue weighted by Crippen LogP contribution is -2.67. The Morgan fingerprint density at radius 3 is 2.15 bits per heavy atom. The minimum Gasteiger partial charge on any atom is -0.481 e. The highest BCUT2D eigenvalue weighted by atomic mass is 16.4. The largest absolute Gasteiger partial charge is 0.481 e. The average Bonchev–Trinajstić information content (AvgIpc) is 3.38. The van der Waals surface area contributed by atoms with Gasteiger partial charge in [-0.3, -0.25) is 4.79 Å². The summed E-state index contributed by atoms with van der Waals surface area (Å²) in [5.74, 6) is 1.79. The number of allylic oxidation sites excluding steroid dienone is 1. The van der Waals surface area contributed by atoms with Crippen molar-refractivity contribution < 1.29 is 19.5 Å². The summed E-state index contributed by atoms with van der Waals surface area (Å²) >= 11 is 0. The smallest absolute Gasteiger partial charge is 0.309 e. The first-order valence-corrected chi connectivity index (χ1v) is 18.8. The number of aliphatic hydroxyl groups is 1. The molecule has 1 aromatic carbocycles. The summed E-state index contributed by atoms with van der Waals surface area (Å²) in [5, 5.41) is 21.4. The van der Waals surface area contributed by atoms with Gasteiger partial charge in [0, 0.05) is 5.56 Å². The molecule has 0 bridgehead atoms. The van der Waals surface area contributed by atoms with Gasteiger partial charge in [0.2, 0.25) is 0 Å². The maximum absolute atomic E-state index is 12.8. The van der Waals surface area contributed by atoms with Crippen LogP contribution >= 0.6 is 0 Å². The second-order valence-electron chi connectivity index (χ2n) is 18.8. The van der Waals surface area contributed by atoms with E-state index in [1.807, 2.05) is 0 Å². The van der Waals surface area contributed by atoms with Crippen molar-refractivity contribution >= 4 is 5.97 Å². The van der Waals surface area contributed by atoms with Gasteiger partial charge in [-0.2, -0.15) is 0 Å². The van der Waals surface area contributed by atoms with Gasteiger partial charge in [0.05, 0.1) is 32.2 Å². The predicted molar refractivity (Wildman–Crippen MR) is 190 cm³/mol. The summed E-state index contributed by atoms with van der Waals surface area (Å²) in [6, 6.07) is 10.7. The Labute approximate surface area is 282 Å². The maximum Gasteiger partial charge on any atom is 0.309 e. The van der Waals surface area contributed by atoms with Crippen LogP contribution in [0.5, 0.6) is 0 Å². The molecule has 0 aromatic heterocycles. The van der Waals surface area contributed by atoms with Crippen LogP contribution in [0.15, 0.2) is 42.5 Å². The zero-order chi connectivity index (χ0) is 33.9. The number of aliphatic carboxylic acids is 1.